The monoisotopic (exact) mass is 731 g/mol. The zero-order chi connectivity index (χ0) is 38.8. The molecule has 4 aliphatic rings. The van der Waals surface area contributed by atoms with Crippen molar-refractivity contribution in [2.45, 2.75) is 103 Å². The lowest BCUT2D eigenvalue weighted by Crippen LogP contribution is -2.64. The van der Waals surface area contributed by atoms with Crippen LogP contribution in [0.4, 0.5) is 45.5 Å². The van der Waals surface area contributed by atoms with Crippen molar-refractivity contribution in [3.8, 4) is 0 Å². The molecule has 56 heavy (non-hydrogen) atoms. The van der Waals surface area contributed by atoms with Gasteiger partial charge in [-0.2, -0.15) is 0 Å². The molecule has 3 heterocycles. The fourth-order valence-electron chi connectivity index (χ4n) is 10.9. The summed E-state index contributed by atoms with van der Waals surface area (Å²) >= 11 is 0. The molecule has 0 radical (unpaired) electrons. The van der Waals surface area contributed by atoms with Gasteiger partial charge in [0.05, 0.1) is 11.2 Å². The molecule has 0 saturated heterocycles. The van der Waals surface area contributed by atoms with E-state index in [0.29, 0.717) is 0 Å². The van der Waals surface area contributed by atoms with Crippen LogP contribution in [-0.2, 0) is 16.2 Å². The molecule has 4 heteroatoms. The predicted octanol–water partition coefficient (Wildman–Crippen LogP) is 12.1. The Morgan fingerprint density at radius 2 is 1.16 bits per heavy atom. The smallest absolute Gasteiger partial charge is 0.252 e. The van der Waals surface area contributed by atoms with Gasteiger partial charge in [0, 0.05) is 45.2 Å². The summed E-state index contributed by atoms with van der Waals surface area (Å²) in [5.41, 5.74) is 18.6. The molecule has 1 fully saturated rings. The lowest BCUT2D eigenvalue weighted by Gasteiger charge is -2.53. The summed E-state index contributed by atoms with van der Waals surface area (Å²) in [6, 6.07) is 51.0. The molecular formula is C52H54BN3. The van der Waals surface area contributed by atoms with Crippen molar-refractivity contribution in [1.29, 1.82) is 0 Å². The molecule has 3 nitrogen and oxygen atoms in total. The Bertz CT molecular complexity index is 2450. The lowest BCUT2D eigenvalue weighted by atomic mass is 9.33. The van der Waals surface area contributed by atoms with E-state index in [4.69, 9.17) is 0 Å². The van der Waals surface area contributed by atoms with Gasteiger partial charge >= 0.3 is 0 Å². The third-order valence-corrected chi connectivity index (χ3v) is 14.1. The van der Waals surface area contributed by atoms with E-state index in [0.717, 1.165) is 11.4 Å². The number of hydrogen-bond acceptors (Lipinski definition) is 3. The summed E-state index contributed by atoms with van der Waals surface area (Å²) in [6.45, 7) is 19.2. The Kier molecular flexibility index (Phi) is 7.64. The van der Waals surface area contributed by atoms with Crippen LogP contribution in [0.3, 0.4) is 0 Å². The number of rotatable bonds is 4. The van der Waals surface area contributed by atoms with Crippen LogP contribution in [0.2, 0.25) is 0 Å². The number of fused-ring (bicyclic) bond motifs is 7. The van der Waals surface area contributed by atoms with Gasteiger partial charge in [0.2, 0.25) is 0 Å². The highest BCUT2D eigenvalue weighted by atomic mass is 15.3. The third kappa shape index (κ3) is 4.97. The number of nitrogens with zero attached hydrogens (tertiary/aromatic N) is 3. The van der Waals surface area contributed by atoms with E-state index in [1.807, 2.05) is 0 Å². The Morgan fingerprint density at radius 3 is 1.80 bits per heavy atom. The first-order valence-corrected chi connectivity index (χ1v) is 20.9. The van der Waals surface area contributed by atoms with Crippen molar-refractivity contribution in [3.63, 3.8) is 0 Å². The molecule has 0 N–H and O–H groups in total. The van der Waals surface area contributed by atoms with Crippen molar-refractivity contribution in [2.24, 2.45) is 0 Å². The third-order valence-electron chi connectivity index (χ3n) is 14.1. The van der Waals surface area contributed by atoms with Gasteiger partial charge in [0.25, 0.3) is 6.71 Å². The van der Waals surface area contributed by atoms with E-state index in [9.17, 15) is 0 Å². The van der Waals surface area contributed by atoms with E-state index in [-0.39, 0.29) is 28.5 Å². The summed E-state index contributed by atoms with van der Waals surface area (Å²) < 4.78 is 0. The summed E-state index contributed by atoms with van der Waals surface area (Å²) in [5.74, 6) is 0. The molecule has 2 unspecified atom stereocenters. The second-order valence-electron chi connectivity index (χ2n) is 19.4. The fraction of sp³-hybridized carbons (Fsp3) is 0.308. The van der Waals surface area contributed by atoms with Gasteiger partial charge in [0.1, 0.15) is 0 Å². The Morgan fingerprint density at radius 1 is 0.554 bits per heavy atom. The van der Waals surface area contributed by atoms with Crippen molar-refractivity contribution in [2.75, 3.05) is 14.7 Å². The average Bonchev–Trinajstić information content (AvgIpc) is 3.40. The zero-order valence-corrected chi connectivity index (χ0v) is 34.4. The first-order chi connectivity index (χ1) is 26.8. The minimum atomic E-state index is -0.0574. The second kappa shape index (κ2) is 12.1. The van der Waals surface area contributed by atoms with Crippen LogP contribution in [0.15, 0.2) is 133 Å². The number of anilines is 8. The van der Waals surface area contributed by atoms with Crippen LogP contribution < -0.4 is 31.1 Å². The summed E-state index contributed by atoms with van der Waals surface area (Å²) in [5, 5.41) is 0. The first-order valence-electron chi connectivity index (χ1n) is 20.9. The summed E-state index contributed by atoms with van der Waals surface area (Å²) in [7, 11) is 0. The Labute approximate surface area is 335 Å². The molecule has 1 saturated carbocycles. The maximum Gasteiger partial charge on any atom is 0.252 e. The zero-order valence-electron chi connectivity index (χ0n) is 34.4. The molecule has 0 bridgehead atoms. The van der Waals surface area contributed by atoms with Gasteiger partial charge in [-0.25, -0.2) is 0 Å². The van der Waals surface area contributed by atoms with E-state index in [1.165, 1.54) is 92.9 Å². The molecule has 0 amide bonds. The van der Waals surface area contributed by atoms with Gasteiger partial charge in [-0.3, -0.25) is 0 Å². The van der Waals surface area contributed by atoms with E-state index in [2.05, 4.69) is 204 Å². The number of benzene rings is 6. The first kappa shape index (κ1) is 35.2. The van der Waals surface area contributed by atoms with Gasteiger partial charge in [0.15, 0.2) is 0 Å². The van der Waals surface area contributed by atoms with Crippen molar-refractivity contribution in [1.82, 2.24) is 0 Å². The van der Waals surface area contributed by atoms with E-state index in [1.54, 1.807) is 0 Å². The Hall–Kier alpha value is -5.22. The van der Waals surface area contributed by atoms with Crippen LogP contribution in [0.25, 0.3) is 0 Å². The van der Waals surface area contributed by atoms with Crippen molar-refractivity contribution < 1.29 is 0 Å². The van der Waals surface area contributed by atoms with Crippen LogP contribution in [-0.4, -0.2) is 12.3 Å². The molecule has 6 aromatic rings. The fourth-order valence-corrected chi connectivity index (χ4v) is 10.9. The standard InChI is InChI=1S/C52H54BN3/c1-49(2,3)35-24-27-39(28-25-35)55-44-29-26-36(50(4,5)6)32-43(44)53-42-23-17-22-41-48(42)56(52(8)31-16-15-30-51(41,52)7)46-34-40(33-45(55)47(46)53)54(37-18-11-9-12-19-37)38-20-13-10-14-21-38/h9-14,17-29,32-34H,15-16,30-31H2,1-8H3. The Balaban J connectivity index is 1.33. The topological polar surface area (TPSA) is 9.72 Å². The van der Waals surface area contributed by atoms with Crippen molar-refractivity contribution in [3.05, 3.63) is 150 Å². The molecule has 0 spiro atoms. The van der Waals surface area contributed by atoms with Gasteiger partial charge in [-0.05, 0) is 118 Å². The molecule has 6 aromatic carbocycles. The highest BCUT2D eigenvalue weighted by Gasteiger charge is 2.61. The van der Waals surface area contributed by atoms with Crippen LogP contribution in [0, 0.1) is 0 Å². The predicted molar refractivity (Wildman–Crippen MR) is 241 cm³/mol. The molecule has 280 valence electrons. The minimum Gasteiger partial charge on any atom is -0.335 e. The summed E-state index contributed by atoms with van der Waals surface area (Å²) in [4.78, 5) is 7.91. The number of para-hydroxylation sites is 3. The van der Waals surface area contributed by atoms with E-state index < -0.39 is 0 Å². The number of hydrogen-bond donors (Lipinski definition) is 0. The molecule has 10 rings (SSSR count). The minimum absolute atomic E-state index is 0.0162. The molecule has 3 aliphatic heterocycles. The molecule has 1 aliphatic carbocycles. The van der Waals surface area contributed by atoms with Crippen LogP contribution >= 0.6 is 0 Å². The maximum absolute atomic E-state index is 2.85. The highest BCUT2D eigenvalue weighted by Crippen LogP contribution is 2.62. The van der Waals surface area contributed by atoms with Gasteiger partial charge in [-0.1, -0.05) is 140 Å². The highest BCUT2D eigenvalue weighted by molar-refractivity contribution is 7.00. The SMILES string of the molecule is CC(C)(C)c1ccc(N2c3ccc(C(C)(C)C)cc3B3c4cccc5c4N(c4cc(N(c6ccccc6)c6ccccc6)cc2c43)C2(C)CCCCC52C)cc1. The molecule has 0 aromatic heterocycles. The van der Waals surface area contributed by atoms with Crippen LogP contribution in [0.1, 0.15) is 97.8 Å². The van der Waals surface area contributed by atoms with E-state index >= 15 is 0 Å². The average molecular weight is 732 g/mol. The molecular weight excluding hydrogens is 677 g/mol. The molecule has 2 atom stereocenters. The quantitative estimate of drug-likeness (QED) is 0.167. The van der Waals surface area contributed by atoms with Gasteiger partial charge in [-0.15, -0.1) is 0 Å². The maximum atomic E-state index is 2.85. The van der Waals surface area contributed by atoms with Gasteiger partial charge < -0.3 is 14.7 Å². The summed E-state index contributed by atoms with van der Waals surface area (Å²) in [6.07, 6.45) is 4.91. The lowest BCUT2D eigenvalue weighted by molar-refractivity contribution is 0.195. The largest absolute Gasteiger partial charge is 0.335 e. The van der Waals surface area contributed by atoms with Crippen LogP contribution in [0.5, 0.6) is 0 Å². The normalized spacial score (nSPS) is 20.6. The van der Waals surface area contributed by atoms with Crippen molar-refractivity contribution >= 4 is 68.6 Å². The second-order valence-corrected chi connectivity index (χ2v) is 19.4.